The summed E-state index contributed by atoms with van der Waals surface area (Å²) < 4.78 is 28.8. The highest BCUT2D eigenvalue weighted by atomic mass is 19.1. The fourth-order valence-corrected chi connectivity index (χ4v) is 2.72. The molecule has 8 heteroatoms. The van der Waals surface area contributed by atoms with Crippen LogP contribution in [0, 0.1) is 11.7 Å². The van der Waals surface area contributed by atoms with Crippen molar-refractivity contribution in [2.45, 2.75) is 19.9 Å². The van der Waals surface area contributed by atoms with Gasteiger partial charge in [0.25, 0.3) is 5.91 Å². The molecule has 0 bridgehead atoms. The highest BCUT2D eigenvalue weighted by Crippen LogP contribution is 2.38. The summed E-state index contributed by atoms with van der Waals surface area (Å²) in [5.74, 6) is -0.464. The number of amides is 2. The molecule has 0 heterocycles. The van der Waals surface area contributed by atoms with E-state index >= 15 is 0 Å². The minimum absolute atomic E-state index is 0.193. The number of halogens is 1. The van der Waals surface area contributed by atoms with Crippen molar-refractivity contribution < 1.29 is 28.2 Å². The van der Waals surface area contributed by atoms with Crippen LogP contribution >= 0.6 is 0 Å². The summed E-state index contributed by atoms with van der Waals surface area (Å²) in [5.41, 5.74) is 0.684. The quantitative estimate of drug-likeness (QED) is 0.706. The normalized spacial score (nSPS) is 11.6. The van der Waals surface area contributed by atoms with Crippen molar-refractivity contribution in [1.29, 1.82) is 0 Å². The van der Waals surface area contributed by atoms with Crippen molar-refractivity contribution in [3.05, 3.63) is 47.8 Å². The Kier molecular flexibility index (Phi) is 7.41. The smallest absolute Gasteiger partial charge is 0.252 e. The number of anilines is 1. The molecule has 0 spiro atoms. The third-order valence-corrected chi connectivity index (χ3v) is 4.27. The van der Waals surface area contributed by atoms with E-state index in [9.17, 15) is 14.0 Å². The summed E-state index contributed by atoms with van der Waals surface area (Å²) in [4.78, 5) is 25.5. The van der Waals surface area contributed by atoms with E-state index in [1.165, 1.54) is 57.7 Å². The molecule has 0 aromatic heterocycles. The van der Waals surface area contributed by atoms with Gasteiger partial charge in [0.05, 0.1) is 21.3 Å². The largest absolute Gasteiger partial charge is 0.493 e. The van der Waals surface area contributed by atoms with Crippen LogP contribution in [0.5, 0.6) is 17.2 Å². The van der Waals surface area contributed by atoms with E-state index in [4.69, 9.17) is 14.2 Å². The van der Waals surface area contributed by atoms with Gasteiger partial charge in [0, 0.05) is 11.3 Å². The minimum Gasteiger partial charge on any atom is -0.493 e. The van der Waals surface area contributed by atoms with Crippen molar-refractivity contribution >= 4 is 17.5 Å². The zero-order valence-corrected chi connectivity index (χ0v) is 17.0. The Labute approximate surface area is 169 Å². The molecule has 0 saturated carbocycles. The van der Waals surface area contributed by atoms with Gasteiger partial charge in [-0.2, -0.15) is 0 Å². The molecule has 29 heavy (non-hydrogen) atoms. The minimum atomic E-state index is -0.813. The van der Waals surface area contributed by atoms with Crippen LogP contribution < -0.4 is 24.8 Å². The Morgan fingerprint density at radius 3 is 1.93 bits per heavy atom. The summed E-state index contributed by atoms with van der Waals surface area (Å²) >= 11 is 0. The van der Waals surface area contributed by atoms with Crippen molar-refractivity contribution in [3.63, 3.8) is 0 Å². The van der Waals surface area contributed by atoms with E-state index in [2.05, 4.69) is 10.6 Å². The van der Waals surface area contributed by atoms with Gasteiger partial charge in [0.1, 0.15) is 11.9 Å². The maximum atomic E-state index is 13.0. The second-order valence-corrected chi connectivity index (χ2v) is 6.61. The molecule has 1 atom stereocenters. The number of rotatable bonds is 8. The summed E-state index contributed by atoms with van der Waals surface area (Å²) in [6, 6.07) is 7.59. The number of ether oxygens (including phenoxy) is 3. The summed E-state index contributed by atoms with van der Waals surface area (Å²) in [5, 5.41) is 5.41. The molecule has 0 fully saturated rings. The van der Waals surface area contributed by atoms with Crippen molar-refractivity contribution in [1.82, 2.24) is 5.32 Å². The Morgan fingerprint density at radius 2 is 1.48 bits per heavy atom. The van der Waals surface area contributed by atoms with Gasteiger partial charge in [0.2, 0.25) is 11.7 Å². The molecular formula is C21H25FN2O5. The van der Waals surface area contributed by atoms with Crippen molar-refractivity contribution in [3.8, 4) is 17.2 Å². The Morgan fingerprint density at radius 1 is 0.931 bits per heavy atom. The van der Waals surface area contributed by atoms with Crippen LogP contribution in [-0.2, 0) is 4.79 Å². The standard InChI is InChI=1S/C21H25FN2O5/c1-12(2)18(21(26)23-15-8-6-14(22)7-9-15)24-20(25)13-10-16(27-3)19(29-5)17(11-13)28-4/h6-12,18H,1-5H3,(H,23,26)(H,24,25)/t18-/m0/s1. The predicted molar refractivity (Wildman–Crippen MR) is 107 cm³/mol. The molecule has 156 valence electrons. The lowest BCUT2D eigenvalue weighted by molar-refractivity contribution is -0.118. The number of methoxy groups -OCH3 is 3. The molecule has 2 rings (SSSR count). The van der Waals surface area contributed by atoms with Gasteiger partial charge in [0.15, 0.2) is 11.5 Å². The van der Waals surface area contributed by atoms with E-state index in [1.54, 1.807) is 0 Å². The van der Waals surface area contributed by atoms with Gasteiger partial charge in [-0.1, -0.05) is 13.8 Å². The lowest BCUT2D eigenvalue weighted by Crippen LogP contribution is -2.47. The fourth-order valence-electron chi connectivity index (χ4n) is 2.72. The average Bonchev–Trinajstić information content (AvgIpc) is 2.71. The van der Waals surface area contributed by atoms with Gasteiger partial charge in [-0.3, -0.25) is 9.59 Å². The number of carbonyl (C=O) groups is 2. The zero-order chi connectivity index (χ0) is 21.6. The first-order chi connectivity index (χ1) is 13.8. The van der Waals surface area contributed by atoms with Gasteiger partial charge in [-0.25, -0.2) is 4.39 Å². The molecule has 0 unspecified atom stereocenters. The number of nitrogens with one attached hydrogen (secondary N) is 2. The van der Waals surface area contributed by atoms with E-state index in [-0.39, 0.29) is 11.5 Å². The van der Waals surface area contributed by atoms with Gasteiger partial charge >= 0.3 is 0 Å². The highest BCUT2D eigenvalue weighted by Gasteiger charge is 2.26. The molecule has 2 aromatic carbocycles. The van der Waals surface area contributed by atoms with Crippen molar-refractivity contribution in [2.24, 2.45) is 5.92 Å². The van der Waals surface area contributed by atoms with Crippen LogP contribution in [-0.4, -0.2) is 39.2 Å². The molecule has 2 aromatic rings. The molecule has 0 aliphatic rings. The van der Waals surface area contributed by atoms with Gasteiger partial charge < -0.3 is 24.8 Å². The highest BCUT2D eigenvalue weighted by molar-refractivity contribution is 6.01. The second-order valence-electron chi connectivity index (χ2n) is 6.61. The summed E-state index contributed by atoms with van der Waals surface area (Å²) in [7, 11) is 4.37. The second kappa shape index (κ2) is 9.77. The maximum Gasteiger partial charge on any atom is 0.252 e. The third-order valence-electron chi connectivity index (χ3n) is 4.27. The van der Waals surface area contributed by atoms with Gasteiger partial charge in [-0.05, 0) is 42.3 Å². The molecule has 2 amide bonds. The Balaban J connectivity index is 2.23. The SMILES string of the molecule is COc1cc(C(=O)N[C@H](C(=O)Nc2ccc(F)cc2)C(C)C)cc(OC)c1OC. The number of benzene rings is 2. The molecular weight excluding hydrogens is 379 g/mol. The zero-order valence-electron chi connectivity index (χ0n) is 17.0. The molecule has 7 nitrogen and oxygen atoms in total. The fraction of sp³-hybridized carbons (Fsp3) is 0.333. The van der Waals surface area contributed by atoms with Crippen LogP contribution in [0.2, 0.25) is 0 Å². The molecule has 0 aliphatic heterocycles. The van der Waals surface area contributed by atoms with Crippen LogP contribution in [0.3, 0.4) is 0 Å². The summed E-state index contributed by atoms with van der Waals surface area (Å²) in [6.07, 6.45) is 0. The predicted octanol–water partition coefficient (Wildman–Crippen LogP) is 3.24. The Hall–Kier alpha value is -3.29. The molecule has 0 saturated heterocycles. The van der Waals surface area contributed by atoms with Crippen LogP contribution in [0.4, 0.5) is 10.1 Å². The Bertz CT molecular complexity index is 843. The number of hydrogen-bond donors (Lipinski definition) is 2. The number of hydrogen-bond acceptors (Lipinski definition) is 5. The average molecular weight is 404 g/mol. The van der Waals surface area contributed by atoms with Crippen molar-refractivity contribution in [2.75, 3.05) is 26.6 Å². The van der Waals surface area contributed by atoms with E-state index in [0.29, 0.717) is 22.9 Å². The van der Waals surface area contributed by atoms with Crippen LogP contribution in [0.1, 0.15) is 24.2 Å². The first-order valence-electron chi connectivity index (χ1n) is 8.98. The third kappa shape index (κ3) is 5.37. The maximum absolute atomic E-state index is 13.0. The first kappa shape index (κ1) is 22.0. The first-order valence-corrected chi connectivity index (χ1v) is 8.98. The lowest BCUT2D eigenvalue weighted by Gasteiger charge is -2.22. The van der Waals surface area contributed by atoms with Gasteiger partial charge in [-0.15, -0.1) is 0 Å². The topological polar surface area (TPSA) is 85.9 Å². The van der Waals surface area contributed by atoms with Crippen LogP contribution in [0.25, 0.3) is 0 Å². The molecule has 2 N–H and O–H groups in total. The summed E-state index contributed by atoms with van der Waals surface area (Å²) in [6.45, 7) is 3.62. The van der Waals surface area contributed by atoms with E-state index in [0.717, 1.165) is 0 Å². The monoisotopic (exact) mass is 404 g/mol. The molecule has 0 aliphatic carbocycles. The van der Waals surface area contributed by atoms with E-state index in [1.807, 2.05) is 13.8 Å². The van der Waals surface area contributed by atoms with E-state index < -0.39 is 23.7 Å². The number of carbonyl (C=O) groups excluding carboxylic acids is 2. The molecule has 0 radical (unpaired) electrons. The lowest BCUT2D eigenvalue weighted by atomic mass is 10.0. The van der Waals surface area contributed by atoms with Crippen LogP contribution in [0.15, 0.2) is 36.4 Å².